The summed E-state index contributed by atoms with van der Waals surface area (Å²) in [5.74, 6) is -2.20. The molecule has 1 saturated heterocycles. The van der Waals surface area contributed by atoms with E-state index in [1.54, 1.807) is 12.3 Å². The van der Waals surface area contributed by atoms with Crippen molar-refractivity contribution in [1.29, 1.82) is 0 Å². The Hall–Kier alpha value is -2.86. The van der Waals surface area contributed by atoms with E-state index in [2.05, 4.69) is 15.1 Å². The second-order valence-corrected chi connectivity index (χ2v) is 6.58. The van der Waals surface area contributed by atoms with Crippen LogP contribution in [-0.4, -0.2) is 55.3 Å². The second kappa shape index (κ2) is 7.52. The third-order valence-corrected chi connectivity index (χ3v) is 4.87. The summed E-state index contributed by atoms with van der Waals surface area (Å²) in [6, 6.07) is 4.53. The van der Waals surface area contributed by atoms with Crippen LogP contribution in [0.4, 0.5) is 8.78 Å². The average Bonchev–Trinajstić information content (AvgIpc) is 3.26. The highest BCUT2D eigenvalue weighted by Crippen LogP contribution is 2.37. The Morgan fingerprint density at radius 2 is 2.03 bits per heavy atom. The summed E-state index contributed by atoms with van der Waals surface area (Å²) in [4.78, 5) is 11.7. The van der Waals surface area contributed by atoms with Crippen LogP contribution in [0.3, 0.4) is 0 Å². The van der Waals surface area contributed by atoms with E-state index in [9.17, 15) is 24.1 Å². The summed E-state index contributed by atoms with van der Waals surface area (Å²) >= 11 is 0. The molecule has 1 aliphatic rings. The van der Waals surface area contributed by atoms with Gasteiger partial charge in [-0.2, -0.15) is 0 Å². The van der Waals surface area contributed by atoms with Gasteiger partial charge in [-0.25, -0.2) is 13.8 Å². The largest absolute Gasteiger partial charge is 0.397 e. The van der Waals surface area contributed by atoms with Gasteiger partial charge in [-0.05, 0) is 23.8 Å². The van der Waals surface area contributed by atoms with Crippen LogP contribution in [0.25, 0.3) is 11.0 Å². The first-order chi connectivity index (χ1) is 13.9. The van der Waals surface area contributed by atoms with Gasteiger partial charge in [-0.1, -0.05) is 11.2 Å². The second-order valence-electron chi connectivity index (χ2n) is 6.58. The van der Waals surface area contributed by atoms with Crippen molar-refractivity contribution in [3.63, 3.8) is 0 Å². The van der Waals surface area contributed by atoms with E-state index in [0.717, 1.165) is 12.1 Å². The number of hydrogen-bond donors (Lipinski definition) is 4. The topological polar surface area (TPSA) is 125 Å². The molecule has 9 nitrogen and oxygen atoms in total. The van der Waals surface area contributed by atoms with Crippen molar-refractivity contribution in [2.75, 3.05) is 7.11 Å². The number of ether oxygens (including phenoxy) is 1. The number of nitrogens with zero attached hydrogens (tertiary/aromatic N) is 3. The van der Waals surface area contributed by atoms with Crippen molar-refractivity contribution >= 4 is 11.0 Å². The van der Waals surface area contributed by atoms with E-state index in [1.165, 1.54) is 24.1 Å². The molecule has 3 aromatic rings. The molecule has 3 heterocycles. The minimum atomic E-state index is -1.49. The van der Waals surface area contributed by atoms with Gasteiger partial charge in [-0.3, -0.25) is 0 Å². The summed E-state index contributed by atoms with van der Waals surface area (Å²) < 4.78 is 33.9. The van der Waals surface area contributed by atoms with Crippen LogP contribution in [-0.2, 0) is 9.57 Å². The van der Waals surface area contributed by atoms with Gasteiger partial charge in [0.1, 0.15) is 37.2 Å². The highest BCUT2D eigenvalue weighted by molar-refractivity contribution is 5.74. The van der Waals surface area contributed by atoms with Gasteiger partial charge in [-0.15, -0.1) is 0 Å². The lowest BCUT2D eigenvalue weighted by Gasteiger charge is -2.21. The fourth-order valence-corrected chi connectivity index (χ4v) is 3.44. The fourth-order valence-electron chi connectivity index (χ4n) is 3.44. The summed E-state index contributed by atoms with van der Waals surface area (Å²) in [5.41, 5.74) is 0.788. The minimum Gasteiger partial charge on any atom is -0.397 e. The molecule has 5 atom stereocenters. The molecular weight excluding hydrogens is 390 g/mol. The Labute approximate surface area is 162 Å². The Morgan fingerprint density at radius 1 is 1.24 bits per heavy atom. The predicted molar refractivity (Wildman–Crippen MR) is 93.9 cm³/mol. The van der Waals surface area contributed by atoms with E-state index < -0.39 is 42.3 Å². The molecule has 1 fully saturated rings. The molecule has 1 aromatic carbocycles. The number of hydrogen-bond acceptors (Lipinski definition) is 7. The van der Waals surface area contributed by atoms with Gasteiger partial charge in [0.15, 0.2) is 17.9 Å². The number of aliphatic hydroxyl groups excluding tert-OH is 3. The summed E-state index contributed by atoms with van der Waals surface area (Å²) in [6.07, 6.45) is -3.76. The highest BCUT2D eigenvalue weighted by atomic mass is 19.2. The number of halogens is 2. The lowest BCUT2D eigenvalue weighted by molar-refractivity contribution is -0.0849. The van der Waals surface area contributed by atoms with Crippen molar-refractivity contribution in [3.05, 3.63) is 59.5 Å². The van der Waals surface area contributed by atoms with Crippen molar-refractivity contribution in [3.8, 4) is 0 Å². The molecular formula is C18H18F2N4O5. The molecule has 0 spiro atoms. The van der Waals surface area contributed by atoms with Crippen LogP contribution in [0.1, 0.15) is 17.9 Å². The lowest BCUT2D eigenvalue weighted by Crippen LogP contribution is -2.34. The van der Waals surface area contributed by atoms with Gasteiger partial charge in [0, 0.05) is 6.20 Å². The van der Waals surface area contributed by atoms with Crippen LogP contribution in [0.15, 0.2) is 41.9 Å². The molecule has 154 valence electrons. The normalized spacial score (nSPS) is 26.2. The monoisotopic (exact) mass is 408 g/mol. The average molecular weight is 408 g/mol. The first-order valence-corrected chi connectivity index (χ1v) is 8.68. The van der Waals surface area contributed by atoms with E-state index in [4.69, 9.17) is 9.57 Å². The van der Waals surface area contributed by atoms with E-state index in [1.807, 2.05) is 0 Å². The first-order valence-electron chi connectivity index (χ1n) is 8.68. The number of benzene rings is 1. The van der Waals surface area contributed by atoms with Crippen LogP contribution >= 0.6 is 0 Å². The van der Waals surface area contributed by atoms with Crippen molar-refractivity contribution in [2.45, 2.75) is 30.6 Å². The van der Waals surface area contributed by atoms with Crippen LogP contribution in [0.5, 0.6) is 0 Å². The zero-order valence-electron chi connectivity index (χ0n) is 15.1. The number of aromatic nitrogens is 3. The van der Waals surface area contributed by atoms with Crippen LogP contribution in [0, 0.1) is 11.6 Å². The van der Waals surface area contributed by atoms with Gasteiger partial charge in [0.05, 0.1) is 11.7 Å². The molecule has 4 N–H and O–H groups in total. The maximum absolute atomic E-state index is 13.5. The zero-order valence-corrected chi connectivity index (χ0v) is 15.1. The van der Waals surface area contributed by atoms with Gasteiger partial charge in [0.25, 0.3) is 0 Å². The number of aromatic amines is 1. The SMILES string of the molecule is CON=c1nc[nH]c2c1ccn2[C@@H]1O[C@H](C(O)c2ccc(F)c(F)c2)[C@@H](O)[C@H]1O. The van der Waals surface area contributed by atoms with Crippen molar-refractivity contribution in [1.82, 2.24) is 14.5 Å². The summed E-state index contributed by atoms with van der Waals surface area (Å²) in [5, 5.41) is 35.8. The number of H-pyrrole nitrogens is 1. The molecule has 0 aliphatic carbocycles. The first kappa shape index (κ1) is 19.5. The minimum absolute atomic E-state index is 0.00936. The molecule has 11 heteroatoms. The van der Waals surface area contributed by atoms with Crippen molar-refractivity contribution in [2.24, 2.45) is 5.16 Å². The molecule has 1 aliphatic heterocycles. The molecule has 0 saturated carbocycles. The molecule has 1 unspecified atom stereocenters. The molecule has 0 bridgehead atoms. The lowest BCUT2D eigenvalue weighted by atomic mass is 9.99. The maximum atomic E-state index is 13.5. The van der Waals surface area contributed by atoms with E-state index >= 15 is 0 Å². The van der Waals surface area contributed by atoms with Crippen LogP contribution < -0.4 is 5.49 Å². The molecule has 29 heavy (non-hydrogen) atoms. The third-order valence-electron chi connectivity index (χ3n) is 4.87. The standard InChI is InChI=1S/C18H18F2N4O5/c1-28-23-16-9-4-5-24(17(9)22-7-21-16)18-14(27)13(26)15(29-18)12(25)8-2-3-10(19)11(20)6-8/h2-7,12-15,18,25-27H,1H3,(H,21,22,23)/t12?,13-,14+,15+,18+/m0/s1. The quantitative estimate of drug-likeness (QED) is 0.465. The highest BCUT2D eigenvalue weighted by Gasteiger charge is 2.47. The van der Waals surface area contributed by atoms with Crippen molar-refractivity contribution < 1.29 is 33.7 Å². The van der Waals surface area contributed by atoms with E-state index in [-0.39, 0.29) is 5.56 Å². The molecule has 2 aromatic heterocycles. The van der Waals surface area contributed by atoms with Gasteiger partial charge in [0.2, 0.25) is 5.49 Å². The molecule has 0 amide bonds. The third kappa shape index (κ3) is 3.27. The van der Waals surface area contributed by atoms with E-state index in [0.29, 0.717) is 16.5 Å². The van der Waals surface area contributed by atoms with Gasteiger partial charge >= 0.3 is 0 Å². The Bertz CT molecular complexity index is 1100. The predicted octanol–water partition coefficient (Wildman–Crippen LogP) is 0.457. The number of rotatable bonds is 4. The molecule has 4 rings (SSSR count). The summed E-state index contributed by atoms with van der Waals surface area (Å²) in [6.45, 7) is 0. The molecule has 0 radical (unpaired) electrons. The maximum Gasteiger partial charge on any atom is 0.203 e. The Morgan fingerprint density at radius 3 is 2.76 bits per heavy atom. The zero-order chi connectivity index (χ0) is 20.7. The van der Waals surface area contributed by atoms with Crippen LogP contribution in [0.2, 0.25) is 0 Å². The summed E-state index contributed by atoms with van der Waals surface area (Å²) in [7, 11) is 1.38. The number of nitrogens with one attached hydrogen (secondary N) is 1. The Balaban J connectivity index is 1.67. The van der Waals surface area contributed by atoms with Gasteiger partial charge < -0.3 is 34.4 Å². The Kier molecular flexibility index (Phi) is 5.04. The smallest absolute Gasteiger partial charge is 0.203 e. The number of fused-ring (bicyclic) bond motifs is 1. The fraction of sp³-hybridized carbons (Fsp3) is 0.333. The number of aliphatic hydroxyl groups is 3.